The third-order valence-corrected chi connectivity index (χ3v) is 3.88. The molecule has 0 spiro atoms. The number of carbonyl (C=O) groups excluding carboxylic acids is 1. The summed E-state index contributed by atoms with van der Waals surface area (Å²) in [5.74, 6) is 0. The first kappa shape index (κ1) is 27.1. The molecule has 0 saturated carbocycles. The minimum Gasteiger partial charge on any atom is -0.870 e. The molecule has 122 valence electrons. The molecule has 0 amide bonds. The summed E-state index contributed by atoms with van der Waals surface area (Å²) in [6, 6.07) is 0. The Bertz CT molecular complexity index is 175. The van der Waals surface area contributed by atoms with Gasteiger partial charge >= 0.3 is 51.4 Å². The standard InChI is InChI=1S/C18H35O.K.H2O/c1-2-3-4-5-6-7-8-9-10-11-12-13-14-15-16-17-18-19;;/h2-17H2,1H3;;1H2/q-1;+1;/p-1. The van der Waals surface area contributed by atoms with E-state index in [0.717, 1.165) is 6.42 Å². The van der Waals surface area contributed by atoms with E-state index in [-0.39, 0.29) is 56.9 Å². The fourth-order valence-corrected chi connectivity index (χ4v) is 2.57. The van der Waals surface area contributed by atoms with Gasteiger partial charge in [0.2, 0.25) is 0 Å². The quantitative estimate of drug-likeness (QED) is 0.249. The van der Waals surface area contributed by atoms with E-state index in [4.69, 9.17) is 0 Å². The third-order valence-electron chi connectivity index (χ3n) is 3.88. The molecule has 0 aliphatic heterocycles. The summed E-state index contributed by atoms with van der Waals surface area (Å²) >= 11 is 0. The zero-order valence-corrected chi connectivity index (χ0v) is 17.8. The SMILES string of the molecule is CCCCCCCCCCCCCCCCC[C-]=O.[K+].[OH-]. The van der Waals surface area contributed by atoms with Crippen LogP contribution in [0.5, 0.6) is 0 Å². The number of hydrogen-bond donors (Lipinski definition) is 0. The Kier molecular flexibility index (Phi) is 33.8. The molecule has 0 bridgehead atoms. The van der Waals surface area contributed by atoms with Crippen molar-refractivity contribution < 1.29 is 61.7 Å². The second-order valence-corrected chi connectivity index (χ2v) is 5.84. The van der Waals surface area contributed by atoms with Crippen molar-refractivity contribution in [1.82, 2.24) is 0 Å². The zero-order valence-electron chi connectivity index (χ0n) is 14.7. The smallest absolute Gasteiger partial charge is 0.870 e. The fourth-order valence-electron chi connectivity index (χ4n) is 2.57. The van der Waals surface area contributed by atoms with Gasteiger partial charge in [-0.15, -0.1) is 0 Å². The van der Waals surface area contributed by atoms with Crippen molar-refractivity contribution >= 4 is 6.29 Å². The second kappa shape index (κ2) is 26.2. The monoisotopic (exact) mass is 323 g/mol. The van der Waals surface area contributed by atoms with Crippen molar-refractivity contribution in [2.45, 2.75) is 110 Å². The maximum absolute atomic E-state index is 10.0. The molecule has 21 heavy (non-hydrogen) atoms. The summed E-state index contributed by atoms with van der Waals surface area (Å²) in [7, 11) is 0. The predicted octanol–water partition coefficient (Wildman–Crippen LogP) is 3.18. The Morgan fingerprint density at radius 2 is 0.857 bits per heavy atom. The molecule has 0 radical (unpaired) electrons. The fraction of sp³-hybridized carbons (Fsp3) is 0.944. The van der Waals surface area contributed by atoms with Gasteiger partial charge < -0.3 is 10.3 Å². The molecule has 0 saturated heterocycles. The Morgan fingerprint density at radius 1 is 0.571 bits per heavy atom. The van der Waals surface area contributed by atoms with Crippen LogP contribution in [0.4, 0.5) is 0 Å². The molecule has 0 aromatic heterocycles. The summed E-state index contributed by atoms with van der Waals surface area (Å²) in [4.78, 5) is 10.0. The van der Waals surface area contributed by atoms with Gasteiger partial charge in [0, 0.05) is 0 Å². The van der Waals surface area contributed by atoms with E-state index in [1.165, 1.54) is 89.9 Å². The molecule has 3 heteroatoms. The van der Waals surface area contributed by atoms with Gasteiger partial charge in [-0.05, 0) is 0 Å². The number of rotatable bonds is 16. The maximum Gasteiger partial charge on any atom is 1.00 e. The first-order chi connectivity index (χ1) is 9.41. The molecule has 0 fully saturated rings. The van der Waals surface area contributed by atoms with Crippen LogP contribution in [-0.4, -0.2) is 11.8 Å². The van der Waals surface area contributed by atoms with Crippen molar-refractivity contribution in [1.29, 1.82) is 0 Å². The van der Waals surface area contributed by atoms with Gasteiger partial charge in [-0.2, -0.15) is 6.42 Å². The molecule has 0 atom stereocenters. The number of unbranched alkanes of at least 4 members (excludes halogenated alkanes) is 15. The van der Waals surface area contributed by atoms with Gasteiger partial charge in [-0.1, -0.05) is 103 Å². The van der Waals surface area contributed by atoms with E-state index < -0.39 is 0 Å². The molecular weight excluding hydrogens is 287 g/mol. The first-order valence-electron chi connectivity index (χ1n) is 8.76. The molecule has 0 heterocycles. The van der Waals surface area contributed by atoms with E-state index in [1.54, 1.807) is 0 Å². The number of hydrogen-bond acceptors (Lipinski definition) is 2. The Labute approximate surface area is 176 Å². The van der Waals surface area contributed by atoms with Crippen LogP contribution < -0.4 is 51.4 Å². The van der Waals surface area contributed by atoms with Gasteiger partial charge in [0.15, 0.2) is 0 Å². The van der Waals surface area contributed by atoms with Crippen LogP contribution in [0.3, 0.4) is 0 Å². The molecule has 0 aromatic rings. The Morgan fingerprint density at radius 3 is 1.14 bits per heavy atom. The average molecular weight is 324 g/mol. The van der Waals surface area contributed by atoms with Gasteiger partial charge in [0.05, 0.1) is 0 Å². The van der Waals surface area contributed by atoms with E-state index in [9.17, 15) is 4.79 Å². The second-order valence-electron chi connectivity index (χ2n) is 5.84. The van der Waals surface area contributed by atoms with Gasteiger partial charge in [-0.3, -0.25) is 6.29 Å². The summed E-state index contributed by atoms with van der Waals surface area (Å²) in [6.45, 7) is 2.28. The minimum absolute atomic E-state index is 0. The molecule has 0 unspecified atom stereocenters. The van der Waals surface area contributed by atoms with E-state index >= 15 is 0 Å². The summed E-state index contributed by atoms with van der Waals surface area (Å²) in [5, 5.41) is 0. The van der Waals surface area contributed by atoms with E-state index in [0.29, 0.717) is 6.42 Å². The van der Waals surface area contributed by atoms with Crippen LogP contribution in [0.25, 0.3) is 0 Å². The average Bonchev–Trinajstić information content (AvgIpc) is 2.43. The first-order valence-corrected chi connectivity index (χ1v) is 8.76. The molecule has 0 aliphatic carbocycles. The molecule has 0 aromatic carbocycles. The topological polar surface area (TPSA) is 47.1 Å². The van der Waals surface area contributed by atoms with Crippen LogP contribution in [-0.2, 0) is 4.79 Å². The molecular formula is C18H36KO2-. The Balaban J connectivity index is -0.00000162. The van der Waals surface area contributed by atoms with Crippen LogP contribution >= 0.6 is 0 Å². The normalized spacial score (nSPS) is 9.76. The van der Waals surface area contributed by atoms with Crippen LogP contribution in [0.15, 0.2) is 0 Å². The van der Waals surface area contributed by atoms with Gasteiger partial charge in [0.25, 0.3) is 0 Å². The molecule has 0 rings (SSSR count). The van der Waals surface area contributed by atoms with Crippen molar-refractivity contribution in [3.63, 3.8) is 0 Å². The van der Waals surface area contributed by atoms with Gasteiger partial charge in [0.1, 0.15) is 0 Å². The predicted molar refractivity (Wildman–Crippen MR) is 87.2 cm³/mol. The molecule has 1 N–H and O–H groups in total. The van der Waals surface area contributed by atoms with E-state index in [2.05, 4.69) is 6.92 Å². The van der Waals surface area contributed by atoms with Crippen molar-refractivity contribution in [2.24, 2.45) is 0 Å². The van der Waals surface area contributed by atoms with Crippen LogP contribution in [0.2, 0.25) is 0 Å². The summed E-state index contributed by atoms with van der Waals surface area (Å²) in [6.07, 6.45) is 23.2. The third kappa shape index (κ3) is 26.5. The maximum atomic E-state index is 10.0. The summed E-state index contributed by atoms with van der Waals surface area (Å²) in [5.41, 5.74) is 0. The van der Waals surface area contributed by atoms with Crippen LogP contribution in [0, 0.1) is 0 Å². The zero-order chi connectivity index (χ0) is 14.0. The largest absolute Gasteiger partial charge is 1.00 e. The van der Waals surface area contributed by atoms with E-state index in [1.807, 2.05) is 6.29 Å². The van der Waals surface area contributed by atoms with Crippen LogP contribution in [0.1, 0.15) is 110 Å². The van der Waals surface area contributed by atoms with Crippen molar-refractivity contribution in [3.05, 3.63) is 0 Å². The van der Waals surface area contributed by atoms with Gasteiger partial charge in [-0.25, -0.2) is 0 Å². The summed E-state index contributed by atoms with van der Waals surface area (Å²) < 4.78 is 0. The van der Waals surface area contributed by atoms with Crippen molar-refractivity contribution in [2.75, 3.05) is 0 Å². The molecule has 0 aliphatic rings. The molecule has 2 nitrogen and oxygen atoms in total. The van der Waals surface area contributed by atoms with Crippen molar-refractivity contribution in [3.8, 4) is 0 Å². The minimum atomic E-state index is 0. The Hall–Kier alpha value is 1.27.